The fourth-order valence-corrected chi connectivity index (χ4v) is 4.98. The minimum absolute atomic E-state index is 0.100. The molecule has 1 atom stereocenters. The van der Waals surface area contributed by atoms with Gasteiger partial charge in [-0.3, -0.25) is 9.59 Å². The van der Waals surface area contributed by atoms with Crippen LogP contribution in [0.2, 0.25) is 5.02 Å². The van der Waals surface area contributed by atoms with E-state index in [9.17, 15) is 18.0 Å². The van der Waals surface area contributed by atoms with Crippen LogP contribution >= 0.6 is 11.6 Å². The number of sulfonamides is 1. The number of hydrogen-bond donors (Lipinski definition) is 1. The predicted molar refractivity (Wildman–Crippen MR) is 143 cm³/mol. The zero-order chi connectivity index (χ0) is 26.5. The number of nitrogens with one attached hydrogen (secondary N) is 1. The molecule has 0 radical (unpaired) electrons. The lowest BCUT2D eigenvalue weighted by atomic mass is 10.1. The third kappa shape index (κ3) is 6.84. The number of carbonyl (C=O) groups is 2. The smallest absolute Gasteiger partial charge is 0.243 e. The van der Waals surface area contributed by atoms with Crippen molar-refractivity contribution in [2.45, 2.75) is 38.3 Å². The van der Waals surface area contributed by atoms with E-state index in [0.29, 0.717) is 11.6 Å². The minimum Gasteiger partial charge on any atom is -0.354 e. The lowest BCUT2D eigenvalue weighted by molar-refractivity contribution is -0.140. The van der Waals surface area contributed by atoms with E-state index < -0.39 is 28.5 Å². The Labute approximate surface area is 218 Å². The van der Waals surface area contributed by atoms with E-state index in [4.69, 9.17) is 11.6 Å². The summed E-state index contributed by atoms with van der Waals surface area (Å²) in [6, 6.07) is 18.5. The molecule has 0 saturated carbocycles. The minimum atomic E-state index is -3.94. The van der Waals surface area contributed by atoms with Gasteiger partial charge in [0.2, 0.25) is 21.8 Å². The number of fused-ring (bicyclic) bond motifs is 1. The highest BCUT2D eigenvalue weighted by Gasteiger charge is 2.30. The zero-order valence-electron chi connectivity index (χ0n) is 20.9. The van der Waals surface area contributed by atoms with Crippen molar-refractivity contribution in [1.29, 1.82) is 0 Å². The Morgan fingerprint density at radius 1 is 0.944 bits per heavy atom. The van der Waals surface area contributed by atoms with E-state index in [1.54, 1.807) is 43.3 Å². The first-order chi connectivity index (χ1) is 17.0. The summed E-state index contributed by atoms with van der Waals surface area (Å²) in [6.07, 6.45) is 0. The van der Waals surface area contributed by atoms with Gasteiger partial charge in [-0.25, -0.2) is 8.42 Å². The van der Waals surface area contributed by atoms with Gasteiger partial charge in [-0.05, 0) is 53.4 Å². The average Bonchev–Trinajstić information content (AvgIpc) is 2.85. The molecule has 9 heteroatoms. The number of amides is 2. The number of rotatable bonds is 10. The van der Waals surface area contributed by atoms with Crippen molar-refractivity contribution >= 4 is 44.2 Å². The number of benzene rings is 3. The fourth-order valence-electron chi connectivity index (χ4n) is 3.70. The van der Waals surface area contributed by atoms with E-state index in [2.05, 4.69) is 5.32 Å². The normalized spacial score (nSPS) is 12.6. The van der Waals surface area contributed by atoms with Gasteiger partial charge in [-0.15, -0.1) is 0 Å². The maximum atomic E-state index is 13.4. The van der Waals surface area contributed by atoms with Crippen LogP contribution in [0, 0.1) is 5.92 Å². The van der Waals surface area contributed by atoms with Gasteiger partial charge in [0.25, 0.3) is 0 Å². The molecule has 3 rings (SSSR count). The summed E-state index contributed by atoms with van der Waals surface area (Å²) in [5, 5.41) is 5.12. The molecule has 0 aliphatic heterocycles. The average molecular weight is 530 g/mol. The highest BCUT2D eigenvalue weighted by Crippen LogP contribution is 2.22. The summed E-state index contributed by atoms with van der Waals surface area (Å²) in [7, 11) is -2.57. The van der Waals surface area contributed by atoms with Gasteiger partial charge in [0.1, 0.15) is 6.04 Å². The molecule has 192 valence electrons. The van der Waals surface area contributed by atoms with Crippen LogP contribution in [-0.2, 0) is 26.2 Å². The molecule has 0 aliphatic rings. The first-order valence-corrected chi connectivity index (χ1v) is 13.6. The van der Waals surface area contributed by atoms with Crippen LogP contribution < -0.4 is 5.32 Å². The second-order valence-corrected chi connectivity index (χ2v) is 11.7. The number of likely N-dealkylation sites (N-methyl/N-ethyl adjacent to an activating group) is 1. The van der Waals surface area contributed by atoms with E-state index >= 15 is 0 Å². The Kier molecular flexibility index (Phi) is 9.11. The largest absolute Gasteiger partial charge is 0.354 e. The van der Waals surface area contributed by atoms with Crippen LogP contribution in [0.25, 0.3) is 10.8 Å². The lowest BCUT2D eigenvalue weighted by Crippen LogP contribution is -2.51. The number of halogens is 1. The van der Waals surface area contributed by atoms with E-state index in [1.165, 1.54) is 18.0 Å². The second kappa shape index (κ2) is 11.9. The molecule has 0 aromatic heterocycles. The quantitative estimate of drug-likeness (QED) is 0.424. The Morgan fingerprint density at radius 2 is 1.58 bits per heavy atom. The van der Waals surface area contributed by atoms with Crippen molar-refractivity contribution in [3.05, 3.63) is 77.3 Å². The molecule has 0 heterocycles. The third-order valence-corrected chi connectivity index (χ3v) is 7.96. The monoisotopic (exact) mass is 529 g/mol. The summed E-state index contributed by atoms with van der Waals surface area (Å²) in [5.74, 6) is -0.533. The fraction of sp³-hybridized carbons (Fsp3) is 0.333. The Hall–Kier alpha value is -2.94. The Balaban J connectivity index is 1.83. The molecular weight excluding hydrogens is 498 g/mol. The molecule has 1 unspecified atom stereocenters. The first kappa shape index (κ1) is 27.6. The predicted octanol–water partition coefficient (Wildman–Crippen LogP) is 4.30. The van der Waals surface area contributed by atoms with Crippen molar-refractivity contribution in [3.63, 3.8) is 0 Å². The second-order valence-electron chi connectivity index (χ2n) is 9.23. The molecule has 0 saturated heterocycles. The van der Waals surface area contributed by atoms with Crippen LogP contribution in [0.1, 0.15) is 26.3 Å². The molecule has 3 aromatic rings. The zero-order valence-corrected chi connectivity index (χ0v) is 22.5. The summed E-state index contributed by atoms with van der Waals surface area (Å²) in [6.45, 7) is 5.80. The van der Waals surface area contributed by atoms with Crippen LogP contribution in [0.15, 0.2) is 71.6 Å². The van der Waals surface area contributed by atoms with Gasteiger partial charge in [0.05, 0.1) is 11.4 Å². The van der Waals surface area contributed by atoms with E-state index in [1.807, 2.05) is 38.1 Å². The highest BCUT2D eigenvalue weighted by molar-refractivity contribution is 7.89. The topological polar surface area (TPSA) is 86.8 Å². The molecular formula is C27H32ClN3O4S. The molecule has 36 heavy (non-hydrogen) atoms. The molecule has 0 bridgehead atoms. The van der Waals surface area contributed by atoms with Crippen molar-refractivity contribution in [2.75, 3.05) is 20.1 Å². The molecule has 0 aliphatic carbocycles. The third-order valence-electron chi connectivity index (χ3n) is 5.91. The highest BCUT2D eigenvalue weighted by atomic mass is 35.5. The van der Waals surface area contributed by atoms with Crippen molar-refractivity contribution in [3.8, 4) is 0 Å². The number of carbonyl (C=O) groups excluding carboxylic acids is 2. The summed E-state index contributed by atoms with van der Waals surface area (Å²) >= 11 is 5.99. The number of nitrogens with zero attached hydrogens (tertiary/aromatic N) is 2. The molecule has 1 N–H and O–H groups in total. The standard InChI is InChI=1S/C27H32ClN3O4S/c1-19(2)16-29-27(33)20(3)31(17-21-9-12-24(28)13-10-21)26(32)18-30(4)36(34,35)25-14-11-22-7-5-6-8-23(22)15-25/h5-15,19-20H,16-18H2,1-4H3,(H,29,33). The number of hydrogen-bond acceptors (Lipinski definition) is 4. The van der Waals surface area contributed by atoms with Crippen LogP contribution in [0.5, 0.6) is 0 Å². The van der Waals surface area contributed by atoms with Crippen molar-refractivity contribution < 1.29 is 18.0 Å². The van der Waals surface area contributed by atoms with Gasteiger partial charge in [-0.1, -0.05) is 67.9 Å². The Bertz CT molecular complexity index is 1330. The molecule has 7 nitrogen and oxygen atoms in total. The first-order valence-electron chi connectivity index (χ1n) is 11.8. The van der Waals surface area contributed by atoms with Gasteiger partial charge in [0, 0.05) is 25.2 Å². The van der Waals surface area contributed by atoms with Gasteiger partial charge in [0.15, 0.2) is 0 Å². The molecule has 3 aromatic carbocycles. The van der Waals surface area contributed by atoms with Crippen LogP contribution in [0.4, 0.5) is 0 Å². The van der Waals surface area contributed by atoms with E-state index in [0.717, 1.165) is 20.6 Å². The SMILES string of the molecule is CC(C)CNC(=O)C(C)N(Cc1ccc(Cl)cc1)C(=O)CN(C)S(=O)(=O)c1ccc2ccccc2c1. The lowest BCUT2D eigenvalue weighted by Gasteiger charge is -2.30. The van der Waals surface area contributed by atoms with Crippen molar-refractivity contribution in [1.82, 2.24) is 14.5 Å². The van der Waals surface area contributed by atoms with Crippen LogP contribution in [-0.4, -0.2) is 55.6 Å². The molecule has 0 spiro atoms. The van der Waals surface area contributed by atoms with Gasteiger partial charge < -0.3 is 10.2 Å². The molecule has 2 amide bonds. The van der Waals surface area contributed by atoms with Crippen molar-refractivity contribution in [2.24, 2.45) is 5.92 Å². The summed E-state index contributed by atoms with van der Waals surface area (Å²) < 4.78 is 27.6. The van der Waals surface area contributed by atoms with E-state index in [-0.39, 0.29) is 23.3 Å². The molecule has 0 fully saturated rings. The maximum Gasteiger partial charge on any atom is 0.243 e. The summed E-state index contributed by atoms with van der Waals surface area (Å²) in [5.41, 5.74) is 0.774. The summed E-state index contributed by atoms with van der Waals surface area (Å²) in [4.78, 5) is 27.7. The van der Waals surface area contributed by atoms with Gasteiger partial charge in [-0.2, -0.15) is 4.31 Å². The Morgan fingerprint density at radius 3 is 2.22 bits per heavy atom. The van der Waals surface area contributed by atoms with Crippen LogP contribution in [0.3, 0.4) is 0 Å². The van der Waals surface area contributed by atoms with Gasteiger partial charge >= 0.3 is 0 Å². The maximum absolute atomic E-state index is 13.4.